The smallest absolute Gasteiger partial charge is 0.211 e. The van der Waals surface area contributed by atoms with Gasteiger partial charge in [0.1, 0.15) is 0 Å². The highest BCUT2D eigenvalue weighted by atomic mass is 32.2. The molecule has 0 spiro atoms. The zero-order valence-electron chi connectivity index (χ0n) is 7.93. The summed E-state index contributed by atoms with van der Waals surface area (Å²) in [5.41, 5.74) is 0.885. The van der Waals surface area contributed by atoms with E-state index in [4.69, 9.17) is 0 Å². The zero-order chi connectivity index (χ0) is 10.1. The molecule has 0 unspecified atom stereocenters. The number of rotatable bonds is 3. The fourth-order valence-electron chi connectivity index (χ4n) is 0.928. The lowest BCUT2D eigenvalue weighted by Gasteiger charge is -2.11. The van der Waals surface area contributed by atoms with E-state index in [1.54, 1.807) is 31.2 Å². The first kappa shape index (κ1) is 10.2. The van der Waals surface area contributed by atoms with Crippen LogP contribution in [-0.4, -0.2) is 35.8 Å². The molecule has 0 aliphatic heterocycles. The quantitative estimate of drug-likeness (QED) is 0.684. The van der Waals surface area contributed by atoms with Crippen molar-refractivity contribution in [3.63, 3.8) is 0 Å². The molecular formula is C7H13N3O2S. The van der Waals surface area contributed by atoms with E-state index < -0.39 is 10.0 Å². The minimum Gasteiger partial charge on any atom is -0.275 e. The molecule has 5 nitrogen and oxygen atoms in total. The molecule has 0 saturated carbocycles. The Morgan fingerprint density at radius 3 is 2.62 bits per heavy atom. The molecule has 0 radical (unpaired) electrons. The Kier molecular flexibility index (Phi) is 2.72. The van der Waals surface area contributed by atoms with E-state index in [1.165, 1.54) is 10.6 Å². The third-order valence-electron chi connectivity index (χ3n) is 1.73. The molecule has 0 aliphatic rings. The van der Waals surface area contributed by atoms with Crippen LogP contribution in [0.4, 0.5) is 0 Å². The Morgan fingerprint density at radius 2 is 2.23 bits per heavy atom. The van der Waals surface area contributed by atoms with Crippen molar-refractivity contribution in [2.24, 2.45) is 7.05 Å². The van der Waals surface area contributed by atoms with Gasteiger partial charge in [0.25, 0.3) is 0 Å². The van der Waals surface area contributed by atoms with Crippen molar-refractivity contribution in [3.05, 3.63) is 18.0 Å². The molecule has 6 heteroatoms. The number of aryl methyl sites for hydroxylation is 1. The van der Waals surface area contributed by atoms with Gasteiger partial charge in [0.15, 0.2) is 0 Å². The summed E-state index contributed by atoms with van der Waals surface area (Å²) >= 11 is 0. The summed E-state index contributed by atoms with van der Waals surface area (Å²) in [5.74, 6) is 0. The Balaban J connectivity index is 2.71. The maximum atomic E-state index is 11.0. The van der Waals surface area contributed by atoms with Crippen molar-refractivity contribution in [1.29, 1.82) is 0 Å². The Labute approximate surface area is 78.0 Å². The summed E-state index contributed by atoms with van der Waals surface area (Å²) in [6.07, 6.45) is 4.63. The summed E-state index contributed by atoms with van der Waals surface area (Å²) in [5, 5.41) is 3.95. The molecule has 0 N–H and O–H groups in total. The maximum Gasteiger partial charge on any atom is 0.211 e. The van der Waals surface area contributed by atoms with E-state index >= 15 is 0 Å². The van der Waals surface area contributed by atoms with Crippen molar-refractivity contribution < 1.29 is 8.42 Å². The molecule has 0 bridgehead atoms. The minimum absolute atomic E-state index is 0.368. The van der Waals surface area contributed by atoms with Gasteiger partial charge in [-0.25, -0.2) is 12.7 Å². The van der Waals surface area contributed by atoms with Crippen LogP contribution < -0.4 is 0 Å². The standard InChI is InChI=1S/C7H13N3O2S/c1-9-5-7(4-8-9)6-10(2)13(3,11)12/h4-5H,6H2,1-3H3. The molecule has 0 aromatic carbocycles. The zero-order valence-corrected chi connectivity index (χ0v) is 8.74. The number of hydrogen-bond donors (Lipinski definition) is 0. The van der Waals surface area contributed by atoms with Gasteiger partial charge in [-0.05, 0) is 0 Å². The van der Waals surface area contributed by atoms with Gasteiger partial charge in [0.2, 0.25) is 10.0 Å². The van der Waals surface area contributed by atoms with Crippen LogP contribution >= 0.6 is 0 Å². The van der Waals surface area contributed by atoms with Gasteiger partial charge in [-0.3, -0.25) is 4.68 Å². The van der Waals surface area contributed by atoms with Gasteiger partial charge in [0.05, 0.1) is 12.5 Å². The average Bonchev–Trinajstić information content (AvgIpc) is 2.33. The lowest BCUT2D eigenvalue weighted by atomic mass is 10.4. The third-order valence-corrected chi connectivity index (χ3v) is 2.99. The number of hydrogen-bond acceptors (Lipinski definition) is 3. The first-order valence-corrected chi connectivity index (χ1v) is 5.63. The van der Waals surface area contributed by atoms with Crippen LogP contribution in [0.2, 0.25) is 0 Å². The van der Waals surface area contributed by atoms with Gasteiger partial charge >= 0.3 is 0 Å². The third kappa shape index (κ3) is 2.82. The molecule has 0 fully saturated rings. The Bertz CT molecular complexity index is 382. The van der Waals surface area contributed by atoms with E-state index in [-0.39, 0.29) is 0 Å². The molecular weight excluding hydrogens is 190 g/mol. The van der Waals surface area contributed by atoms with E-state index in [9.17, 15) is 8.42 Å². The SMILES string of the molecule is CN(Cc1cnn(C)c1)S(C)(=O)=O. The highest BCUT2D eigenvalue weighted by Gasteiger charge is 2.11. The predicted molar refractivity (Wildman–Crippen MR) is 49.5 cm³/mol. The van der Waals surface area contributed by atoms with Crippen LogP contribution in [0.3, 0.4) is 0 Å². The molecule has 13 heavy (non-hydrogen) atoms. The van der Waals surface area contributed by atoms with Crippen LogP contribution in [0.15, 0.2) is 12.4 Å². The highest BCUT2D eigenvalue weighted by Crippen LogP contribution is 2.03. The van der Waals surface area contributed by atoms with E-state index in [0.29, 0.717) is 6.54 Å². The second-order valence-electron chi connectivity index (χ2n) is 3.04. The topological polar surface area (TPSA) is 55.2 Å². The largest absolute Gasteiger partial charge is 0.275 e. The van der Waals surface area contributed by atoms with Gasteiger partial charge in [-0.1, -0.05) is 0 Å². The van der Waals surface area contributed by atoms with Crippen LogP contribution in [0.5, 0.6) is 0 Å². The van der Waals surface area contributed by atoms with E-state index in [2.05, 4.69) is 5.10 Å². The minimum atomic E-state index is -3.10. The molecule has 1 rings (SSSR count). The summed E-state index contributed by atoms with van der Waals surface area (Å²) in [7, 11) is 0.244. The first-order valence-electron chi connectivity index (χ1n) is 3.78. The molecule has 0 aliphatic carbocycles. The second kappa shape index (κ2) is 3.47. The van der Waals surface area contributed by atoms with Crippen LogP contribution in [-0.2, 0) is 23.6 Å². The van der Waals surface area contributed by atoms with Gasteiger partial charge in [-0.2, -0.15) is 5.10 Å². The molecule has 1 heterocycles. The lowest BCUT2D eigenvalue weighted by Crippen LogP contribution is -2.24. The predicted octanol–water partition coefficient (Wildman–Crippen LogP) is -0.188. The average molecular weight is 203 g/mol. The van der Waals surface area contributed by atoms with E-state index in [1.807, 2.05) is 0 Å². The number of nitrogens with zero attached hydrogens (tertiary/aromatic N) is 3. The normalized spacial score (nSPS) is 12.3. The number of aromatic nitrogens is 2. The fraction of sp³-hybridized carbons (Fsp3) is 0.571. The van der Waals surface area contributed by atoms with Gasteiger partial charge in [0, 0.05) is 32.4 Å². The van der Waals surface area contributed by atoms with Crippen LogP contribution in [0.25, 0.3) is 0 Å². The lowest BCUT2D eigenvalue weighted by molar-refractivity contribution is 0.472. The van der Waals surface area contributed by atoms with Crippen molar-refractivity contribution in [2.75, 3.05) is 13.3 Å². The molecule has 0 atom stereocenters. The fourth-order valence-corrected chi connectivity index (χ4v) is 1.31. The monoisotopic (exact) mass is 203 g/mol. The van der Waals surface area contributed by atoms with Crippen molar-refractivity contribution in [1.82, 2.24) is 14.1 Å². The molecule has 0 saturated heterocycles. The van der Waals surface area contributed by atoms with E-state index in [0.717, 1.165) is 5.56 Å². The van der Waals surface area contributed by atoms with Crippen molar-refractivity contribution >= 4 is 10.0 Å². The summed E-state index contributed by atoms with van der Waals surface area (Å²) in [4.78, 5) is 0. The first-order chi connectivity index (χ1) is 5.89. The number of sulfonamides is 1. The van der Waals surface area contributed by atoms with Gasteiger partial charge in [-0.15, -0.1) is 0 Å². The highest BCUT2D eigenvalue weighted by molar-refractivity contribution is 7.88. The van der Waals surface area contributed by atoms with Crippen molar-refractivity contribution in [2.45, 2.75) is 6.54 Å². The second-order valence-corrected chi connectivity index (χ2v) is 5.13. The summed E-state index contributed by atoms with van der Waals surface area (Å²) in [6.45, 7) is 0.368. The van der Waals surface area contributed by atoms with Gasteiger partial charge < -0.3 is 0 Å². The molecule has 74 valence electrons. The molecule has 1 aromatic rings. The van der Waals surface area contributed by atoms with Crippen LogP contribution in [0, 0.1) is 0 Å². The Morgan fingerprint density at radius 1 is 1.62 bits per heavy atom. The summed E-state index contributed by atoms with van der Waals surface area (Å²) in [6, 6.07) is 0. The van der Waals surface area contributed by atoms with Crippen molar-refractivity contribution in [3.8, 4) is 0 Å². The Hall–Kier alpha value is -0.880. The summed E-state index contributed by atoms with van der Waals surface area (Å²) < 4.78 is 25.0. The van der Waals surface area contributed by atoms with Crippen LogP contribution in [0.1, 0.15) is 5.56 Å². The maximum absolute atomic E-state index is 11.0. The molecule has 0 amide bonds. The molecule has 1 aromatic heterocycles.